The van der Waals surface area contributed by atoms with Crippen molar-refractivity contribution in [1.82, 2.24) is 20.5 Å². The molecule has 1 aromatic heterocycles. The van der Waals surface area contributed by atoms with Crippen molar-refractivity contribution in [3.8, 4) is 0 Å². The zero-order valence-corrected chi connectivity index (χ0v) is 14.5. The maximum atomic E-state index is 11.9. The van der Waals surface area contributed by atoms with Crippen molar-refractivity contribution in [3.63, 3.8) is 0 Å². The summed E-state index contributed by atoms with van der Waals surface area (Å²) in [6.07, 6.45) is 4.72. The van der Waals surface area contributed by atoms with E-state index in [1.807, 2.05) is 63.3 Å². The SMILES string of the molecule is CCC(C)(C)NC(=O)CSc1n[nH]c(/C=C/c2ccccc2)n1. The number of hydrogen-bond donors (Lipinski definition) is 2. The van der Waals surface area contributed by atoms with E-state index in [1.54, 1.807) is 0 Å². The van der Waals surface area contributed by atoms with Crippen LogP contribution in [-0.2, 0) is 4.79 Å². The number of H-pyrrole nitrogens is 1. The summed E-state index contributed by atoms with van der Waals surface area (Å²) in [7, 11) is 0. The molecule has 23 heavy (non-hydrogen) atoms. The molecule has 0 fully saturated rings. The Morgan fingerprint density at radius 3 is 2.74 bits per heavy atom. The average molecular weight is 330 g/mol. The predicted molar refractivity (Wildman–Crippen MR) is 95.0 cm³/mol. The van der Waals surface area contributed by atoms with E-state index >= 15 is 0 Å². The lowest BCUT2D eigenvalue weighted by Gasteiger charge is -2.24. The maximum Gasteiger partial charge on any atom is 0.230 e. The van der Waals surface area contributed by atoms with E-state index in [1.165, 1.54) is 11.8 Å². The monoisotopic (exact) mass is 330 g/mol. The Labute approximate surface area is 141 Å². The number of aromatic nitrogens is 3. The number of aromatic amines is 1. The minimum Gasteiger partial charge on any atom is -0.351 e. The number of benzene rings is 1. The second-order valence-electron chi connectivity index (χ2n) is 5.82. The molecular formula is C17H22N4OS. The van der Waals surface area contributed by atoms with Crippen molar-refractivity contribution in [3.05, 3.63) is 41.7 Å². The third kappa shape index (κ3) is 5.90. The molecule has 0 unspecified atom stereocenters. The smallest absolute Gasteiger partial charge is 0.230 e. The van der Waals surface area contributed by atoms with Gasteiger partial charge in [-0.25, -0.2) is 4.98 Å². The molecule has 1 aromatic carbocycles. The van der Waals surface area contributed by atoms with E-state index in [4.69, 9.17) is 0 Å². The van der Waals surface area contributed by atoms with Crippen molar-refractivity contribution in [2.45, 2.75) is 37.9 Å². The molecule has 0 aliphatic rings. The fourth-order valence-corrected chi connectivity index (χ4v) is 2.37. The van der Waals surface area contributed by atoms with Crippen LogP contribution in [0.4, 0.5) is 0 Å². The third-order valence-corrected chi connectivity index (χ3v) is 4.26. The van der Waals surface area contributed by atoms with Crippen molar-refractivity contribution >= 4 is 29.8 Å². The Balaban J connectivity index is 1.85. The molecule has 2 N–H and O–H groups in total. The van der Waals surface area contributed by atoms with Crippen molar-refractivity contribution in [2.24, 2.45) is 0 Å². The summed E-state index contributed by atoms with van der Waals surface area (Å²) < 4.78 is 0. The number of carbonyl (C=O) groups excluding carboxylic acids is 1. The van der Waals surface area contributed by atoms with Crippen LogP contribution in [0.5, 0.6) is 0 Å². The quantitative estimate of drug-likeness (QED) is 0.764. The lowest BCUT2D eigenvalue weighted by Crippen LogP contribution is -2.43. The minimum atomic E-state index is -0.180. The Kier molecular flexibility index (Phi) is 5.98. The molecule has 0 aliphatic heterocycles. The van der Waals surface area contributed by atoms with Crippen molar-refractivity contribution < 1.29 is 4.79 Å². The molecule has 0 spiro atoms. The largest absolute Gasteiger partial charge is 0.351 e. The normalized spacial score (nSPS) is 11.8. The lowest BCUT2D eigenvalue weighted by atomic mass is 10.0. The molecule has 0 aliphatic carbocycles. The zero-order valence-electron chi connectivity index (χ0n) is 13.7. The van der Waals surface area contributed by atoms with Crippen LogP contribution < -0.4 is 5.32 Å². The molecule has 0 atom stereocenters. The minimum absolute atomic E-state index is 0.00646. The van der Waals surface area contributed by atoms with Gasteiger partial charge in [0.25, 0.3) is 0 Å². The molecule has 2 rings (SSSR count). The van der Waals surface area contributed by atoms with Gasteiger partial charge in [-0.1, -0.05) is 55.1 Å². The molecule has 1 amide bonds. The van der Waals surface area contributed by atoms with E-state index in [-0.39, 0.29) is 11.4 Å². The number of hydrogen-bond acceptors (Lipinski definition) is 4. The van der Waals surface area contributed by atoms with E-state index in [0.29, 0.717) is 16.7 Å². The van der Waals surface area contributed by atoms with Crippen LogP contribution in [-0.4, -0.2) is 32.4 Å². The Morgan fingerprint density at radius 1 is 1.30 bits per heavy atom. The number of rotatable bonds is 7. The second kappa shape index (κ2) is 7.97. The van der Waals surface area contributed by atoms with Crippen LogP contribution in [0, 0.1) is 0 Å². The van der Waals surface area contributed by atoms with Crippen LogP contribution in [0.1, 0.15) is 38.6 Å². The van der Waals surface area contributed by atoms with Gasteiger partial charge < -0.3 is 5.32 Å². The topological polar surface area (TPSA) is 70.7 Å². The highest BCUT2D eigenvalue weighted by Crippen LogP contribution is 2.14. The summed E-state index contributed by atoms with van der Waals surface area (Å²) in [5, 5.41) is 10.5. The van der Waals surface area contributed by atoms with Gasteiger partial charge in [0.05, 0.1) is 5.75 Å². The van der Waals surface area contributed by atoms with Gasteiger partial charge in [-0.15, -0.1) is 5.10 Å². The first-order valence-electron chi connectivity index (χ1n) is 7.58. The number of nitrogens with one attached hydrogen (secondary N) is 2. The van der Waals surface area contributed by atoms with Crippen LogP contribution in [0.15, 0.2) is 35.5 Å². The lowest BCUT2D eigenvalue weighted by molar-refractivity contribution is -0.120. The molecule has 0 radical (unpaired) electrons. The highest BCUT2D eigenvalue weighted by molar-refractivity contribution is 7.99. The molecule has 0 saturated carbocycles. The number of amides is 1. The van der Waals surface area contributed by atoms with E-state index in [2.05, 4.69) is 20.5 Å². The standard InChI is InChI=1S/C17H22N4OS/c1-4-17(2,3)19-15(22)12-23-16-18-14(20-21-16)11-10-13-8-6-5-7-9-13/h5-11H,4,12H2,1-3H3,(H,19,22)(H,18,20,21)/b11-10+. The van der Waals surface area contributed by atoms with Crippen LogP contribution in [0.25, 0.3) is 12.2 Å². The summed E-state index contributed by atoms with van der Waals surface area (Å²) in [6.45, 7) is 6.07. The van der Waals surface area contributed by atoms with Crippen molar-refractivity contribution in [1.29, 1.82) is 0 Å². The number of nitrogens with zero attached hydrogens (tertiary/aromatic N) is 2. The molecule has 1 heterocycles. The molecule has 0 saturated heterocycles. The zero-order chi connectivity index (χ0) is 16.7. The summed E-state index contributed by atoms with van der Waals surface area (Å²) in [4.78, 5) is 16.2. The third-order valence-electron chi connectivity index (χ3n) is 3.41. The number of thioether (sulfide) groups is 1. The fourth-order valence-electron chi connectivity index (χ4n) is 1.77. The summed E-state index contributed by atoms with van der Waals surface area (Å²) >= 11 is 1.32. The highest BCUT2D eigenvalue weighted by Gasteiger charge is 2.18. The Hall–Kier alpha value is -2.08. The van der Waals surface area contributed by atoms with Gasteiger partial charge in [0, 0.05) is 5.54 Å². The highest BCUT2D eigenvalue weighted by atomic mass is 32.2. The molecule has 6 heteroatoms. The first kappa shape index (κ1) is 17.3. The summed E-state index contributed by atoms with van der Waals surface area (Å²) in [5.74, 6) is 0.974. The van der Waals surface area contributed by atoms with Gasteiger partial charge >= 0.3 is 0 Å². The van der Waals surface area contributed by atoms with Gasteiger partial charge in [-0.05, 0) is 31.9 Å². The van der Waals surface area contributed by atoms with Crippen LogP contribution in [0.2, 0.25) is 0 Å². The Bertz CT molecular complexity index is 664. The summed E-state index contributed by atoms with van der Waals surface area (Å²) in [5.41, 5.74) is 0.916. The van der Waals surface area contributed by atoms with Gasteiger partial charge in [-0.2, -0.15) is 0 Å². The second-order valence-corrected chi connectivity index (χ2v) is 6.76. The molecule has 122 valence electrons. The van der Waals surface area contributed by atoms with E-state index < -0.39 is 0 Å². The van der Waals surface area contributed by atoms with Gasteiger partial charge in [0.15, 0.2) is 0 Å². The first-order valence-corrected chi connectivity index (χ1v) is 8.56. The first-order chi connectivity index (χ1) is 11.0. The van der Waals surface area contributed by atoms with Gasteiger partial charge in [0.2, 0.25) is 11.1 Å². The van der Waals surface area contributed by atoms with Crippen LogP contribution in [0.3, 0.4) is 0 Å². The van der Waals surface area contributed by atoms with E-state index in [0.717, 1.165) is 12.0 Å². The van der Waals surface area contributed by atoms with Crippen LogP contribution >= 0.6 is 11.8 Å². The van der Waals surface area contributed by atoms with E-state index in [9.17, 15) is 4.79 Å². The number of carbonyl (C=O) groups is 1. The molecule has 2 aromatic rings. The fraction of sp³-hybridized carbons (Fsp3) is 0.353. The molecular weight excluding hydrogens is 308 g/mol. The maximum absolute atomic E-state index is 11.9. The van der Waals surface area contributed by atoms with Gasteiger partial charge in [-0.3, -0.25) is 9.89 Å². The average Bonchev–Trinajstić information content (AvgIpc) is 3.00. The van der Waals surface area contributed by atoms with Crippen molar-refractivity contribution in [2.75, 3.05) is 5.75 Å². The molecule has 0 bridgehead atoms. The predicted octanol–water partition coefficient (Wildman–Crippen LogP) is 3.37. The van der Waals surface area contributed by atoms with Gasteiger partial charge in [0.1, 0.15) is 5.82 Å². The summed E-state index contributed by atoms with van der Waals surface area (Å²) in [6, 6.07) is 9.98. The Morgan fingerprint density at radius 2 is 2.04 bits per heavy atom. The molecule has 5 nitrogen and oxygen atoms in total.